The third-order valence-corrected chi connectivity index (χ3v) is 5.12. The van der Waals surface area contributed by atoms with Crippen LogP contribution in [0.4, 0.5) is 4.39 Å². The number of benzene rings is 1. The predicted octanol–water partition coefficient (Wildman–Crippen LogP) is 4.30. The molecular formula is C17H24FN. The third-order valence-electron chi connectivity index (χ3n) is 5.12. The molecule has 2 saturated carbocycles. The van der Waals surface area contributed by atoms with E-state index in [0.29, 0.717) is 6.04 Å². The average molecular weight is 261 g/mol. The first kappa shape index (κ1) is 13.1. The van der Waals surface area contributed by atoms with Gasteiger partial charge in [-0.1, -0.05) is 25.5 Å². The Morgan fingerprint density at radius 3 is 2.84 bits per heavy atom. The highest BCUT2D eigenvalue weighted by Crippen LogP contribution is 2.50. The topological polar surface area (TPSA) is 12.0 Å². The van der Waals surface area contributed by atoms with Crippen LogP contribution in [-0.4, -0.2) is 6.54 Å². The normalized spacial score (nSPS) is 30.7. The predicted molar refractivity (Wildman–Crippen MR) is 76.4 cm³/mol. The third kappa shape index (κ3) is 2.84. The minimum atomic E-state index is -0.117. The Hall–Kier alpha value is -0.890. The summed E-state index contributed by atoms with van der Waals surface area (Å²) in [4.78, 5) is 0. The van der Waals surface area contributed by atoms with Crippen LogP contribution in [-0.2, 0) is 0 Å². The second-order valence-electron chi connectivity index (χ2n) is 6.34. The molecule has 0 saturated heterocycles. The first-order valence-corrected chi connectivity index (χ1v) is 7.75. The molecule has 1 aromatic rings. The lowest BCUT2D eigenvalue weighted by Gasteiger charge is -2.27. The zero-order chi connectivity index (χ0) is 13.2. The van der Waals surface area contributed by atoms with Gasteiger partial charge in [0.25, 0.3) is 0 Å². The van der Waals surface area contributed by atoms with Crippen LogP contribution in [0, 0.1) is 23.6 Å². The Morgan fingerprint density at radius 1 is 1.32 bits per heavy atom. The van der Waals surface area contributed by atoms with Gasteiger partial charge in [-0.15, -0.1) is 0 Å². The summed E-state index contributed by atoms with van der Waals surface area (Å²) in [7, 11) is 0. The fourth-order valence-electron chi connectivity index (χ4n) is 4.27. The van der Waals surface area contributed by atoms with Crippen LogP contribution >= 0.6 is 0 Å². The number of halogens is 1. The van der Waals surface area contributed by atoms with Gasteiger partial charge >= 0.3 is 0 Å². The summed E-state index contributed by atoms with van der Waals surface area (Å²) in [5, 5.41) is 3.55. The van der Waals surface area contributed by atoms with Gasteiger partial charge in [-0.25, -0.2) is 4.39 Å². The van der Waals surface area contributed by atoms with Crippen molar-refractivity contribution in [2.24, 2.45) is 17.8 Å². The molecule has 0 heterocycles. The van der Waals surface area contributed by atoms with E-state index < -0.39 is 0 Å². The van der Waals surface area contributed by atoms with Gasteiger partial charge in [-0.2, -0.15) is 0 Å². The van der Waals surface area contributed by atoms with Crippen molar-refractivity contribution in [2.75, 3.05) is 6.54 Å². The van der Waals surface area contributed by atoms with Crippen LogP contribution in [0.1, 0.15) is 50.6 Å². The molecule has 2 aliphatic rings. The Balaban J connectivity index is 1.70. The molecule has 0 aromatic heterocycles. The molecule has 0 aliphatic heterocycles. The van der Waals surface area contributed by atoms with E-state index in [9.17, 15) is 4.39 Å². The second kappa shape index (κ2) is 5.62. The van der Waals surface area contributed by atoms with Gasteiger partial charge in [0, 0.05) is 6.04 Å². The van der Waals surface area contributed by atoms with Gasteiger partial charge in [0.05, 0.1) is 0 Å². The summed E-state index contributed by atoms with van der Waals surface area (Å²) < 4.78 is 13.4. The van der Waals surface area contributed by atoms with E-state index >= 15 is 0 Å². The lowest BCUT2D eigenvalue weighted by molar-refractivity contribution is 0.280. The standard InChI is InChI=1S/C17H24FN/c1-2-19-17(14-4-3-5-16(18)10-14)11-15-9-12-6-7-13(15)8-12/h3-5,10,12-13,15,17,19H,2,6-9,11H2,1H3. The minimum absolute atomic E-state index is 0.117. The molecule has 104 valence electrons. The van der Waals surface area contributed by atoms with Crippen molar-refractivity contribution in [1.29, 1.82) is 0 Å². The monoisotopic (exact) mass is 261 g/mol. The summed E-state index contributed by atoms with van der Waals surface area (Å²) >= 11 is 0. The molecule has 2 fully saturated rings. The van der Waals surface area contributed by atoms with E-state index in [2.05, 4.69) is 18.3 Å². The largest absolute Gasteiger partial charge is 0.310 e. The van der Waals surface area contributed by atoms with Crippen LogP contribution in [0.3, 0.4) is 0 Å². The second-order valence-corrected chi connectivity index (χ2v) is 6.34. The Morgan fingerprint density at radius 2 is 2.21 bits per heavy atom. The van der Waals surface area contributed by atoms with E-state index in [-0.39, 0.29) is 5.82 Å². The molecule has 1 nitrogen and oxygen atoms in total. The van der Waals surface area contributed by atoms with Crippen molar-refractivity contribution >= 4 is 0 Å². The highest BCUT2D eigenvalue weighted by molar-refractivity contribution is 5.20. The smallest absolute Gasteiger partial charge is 0.123 e. The van der Waals surface area contributed by atoms with Crippen molar-refractivity contribution in [2.45, 2.75) is 45.1 Å². The molecule has 1 N–H and O–H groups in total. The number of nitrogens with one attached hydrogen (secondary N) is 1. The summed E-state index contributed by atoms with van der Waals surface area (Å²) in [6.07, 6.45) is 6.91. The Bertz CT molecular complexity index is 431. The van der Waals surface area contributed by atoms with E-state index in [1.165, 1.54) is 38.2 Å². The van der Waals surface area contributed by atoms with Crippen molar-refractivity contribution < 1.29 is 4.39 Å². The zero-order valence-corrected chi connectivity index (χ0v) is 11.7. The van der Waals surface area contributed by atoms with Gasteiger partial charge in [0.2, 0.25) is 0 Å². The van der Waals surface area contributed by atoms with E-state index in [4.69, 9.17) is 0 Å². The molecule has 3 rings (SSSR count). The maximum atomic E-state index is 13.4. The number of hydrogen-bond acceptors (Lipinski definition) is 1. The highest BCUT2D eigenvalue weighted by atomic mass is 19.1. The average Bonchev–Trinajstić information content (AvgIpc) is 3.00. The summed E-state index contributed by atoms with van der Waals surface area (Å²) in [5.74, 6) is 2.67. The number of rotatable bonds is 5. The Kier molecular flexibility index (Phi) is 3.88. The van der Waals surface area contributed by atoms with Crippen molar-refractivity contribution in [3.05, 3.63) is 35.6 Å². The van der Waals surface area contributed by atoms with Gasteiger partial charge in [-0.05, 0) is 67.7 Å². The summed E-state index contributed by atoms with van der Waals surface area (Å²) in [6, 6.07) is 7.44. The van der Waals surface area contributed by atoms with E-state index in [1.54, 1.807) is 6.07 Å². The summed E-state index contributed by atoms with van der Waals surface area (Å²) in [5.41, 5.74) is 1.12. The van der Waals surface area contributed by atoms with Gasteiger partial charge in [0.1, 0.15) is 5.82 Å². The minimum Gasteiger partial charge on any atom is -0.310 e. The Labute approximate surface area is 115 Å². The molecule has 2 bridgehead atoms. The fraction of sp³-hybridized carbons (Fsp3) is 0.647. The van der Waals surface area contributed by atoms with Gasteiger partial charge in [-0.3, -0.25) is 0 Å². The van der Waals surface area contributed by atoms with Crippen LogP contribution in [0.5, 0.6) is 0 Å². The van der Waals surface area contributed by atoms with E-state index in [0.717, 1.165) is 29.9 Å². The maximum absolute atomic E-state index is 13.4. The van der Waals surface area contributed by atoms with Crippen LogP contribution in [0.2, 0.25) is 0 Å². The lowest BCUT2D eigenvalue weighted by Crippen LogP contribution is -2.25. The van der Waals surface area contributed by atoms with Crippen molar-refractivity contribution in [3.63, 3.8) is 0 Å². The molecule has 4 unspecified atom stereocenters. The first-order chi connectivity index (χ1) is 9.26. The molecular weight excluding hydrogens is 237 g/mol. The molecule has 1 aromatic carbocycles. The zero-order valence-electron chi connectivity index (χ0n) is 11.7. The van der Waals surface area contributed by atoms with Crippen molar-refractivity contribution in [3.8, 4) is 0 Å². The summed E-state index contributed by atoms with van der Waals surface area (Å²) in [6.45, 7) is 3.08. The maximum Gasteiger partial charge on any atom is 0.123 e. The molecule has 4 atom stereocenters. The van der Waals surface area contributed by atoms with Gasteiger partial charge < -0.3 is 5.32 Å². The van der Waals surface area contributed by atoms with Crippen molar-refractivity contribution in [1.82, 2.24) is 5.32 Å². The number of hydrogen-bond donors (Lipinski definition) is 1. The molecule has 2 heteroatoms. The molecule has 19 heavy (non-hydrogen) atoms. The van der Waals surface area contributed by atoms with Crippen LogP contribution in [0.15, 0.2) is 24.3 Å². The molecule has 0 radical (unpaired) electrons. The quantitative estimate of drug-likeness (QED) is 0.833. The van der Waals surface area contributed by atoms with E-state index in [1.807, 2.05) is 6.07 Å². The first-order valence-electron chi connectivity index (χ1n) is 7.75. The molecule has 2 aliphatic carbocycles. The van der Waals surface area contributed by atoms with Crippen LogP contribution in [0.25, 0.3) is 0 Å². The SMILES string of the molecule is CCNC(CC1CC2CCC1C2)c1cccc(F)c1. The number of fused-ring (bicyclic) bond motifs is 2. The molecule has 0 spiro atoms. The van der Waals surface area contributed by atoms with Gasteiger partial charge in [0.15, 0.2) is 0 Å². The molecule has 0 amide bonds. The highest BCUT2D eigenvalue weighted by Gasteiger charge is 2.40. The lowest BCUT2D eigenvalue weighted by atomic mass is 9.82. The fourth-order valence-corrected chi connectivity index (χ4v) is 4.27. The van der Waals surface area contributed by atoms with Crippen LogP contribution < -0.4 is 5.32 Å².